The molecule has 1 amide bonds. The number of hydrogen-bond donors (Lipinski definition) is 0. The highest BCUT2D eigenvalue weighted by molar-refractivity contribution is 9.09. The molecule has 0 saturated carbocycles. The average Bonchev–Trinajstić information content (AvgIpc) is 2.88. The third-order valence-electron chi connectivity index (χ3n) is 4.11. The summed E-state index contributed by atoms with van der Waals surface area (Å²) in [5.74, 6) is 0.410. The molecule has 1 aliphatic rings. The normalized spacial score (nSPS) is 19.1. The second-order valence-corrected chi connectivity index (χ2v) is 6.53. The summed E-state index contributed by atoms with van der Waals surface area (Å²) in [6, 6.07) is 0.533. The summed E-state index contributed by atoms with van der Waals surface area (Å²) < 4.78 is 0. The van der Waals surface area contributed by atoms with E-state index in [4.69, 9.17) is 0 Å². The minimum atomic E-state index is 0.410. The molecule has 0 bridgehead atoms. The molecule has 0 aromatic heterocycles. The minimum absolute atomic E-state index is 0.410. The van der Waals surface area contributed by atoms with Crippen LogP contribution in [0.25, 0.3) is 0 Å². The highest BCUT2D eigenvalue weighted by Crippen LogP contribution is 2.23. The predicted molar refractivity (Wildman–Crippen MR) is 85.8 cm³/mol. The Labute approximate surface area is 127 Å². The number of likely N-dealkylation sites (tertiary alicyclic amines) is 1. The van der Waals surface area contributed by atoms with Gasteiger partial charge >= 0.3 is 0 Å². The van der Waals surface area contributed by atoms with Gasteiger partial charge in [0.05, 0.1) is 0 Å². The van der Waals surface area contributed by atoms with Crippen LogP contribution in [0.15, 0.2) is 0 Å². The highest BCUT2D eigenvalue weighted by atomic mass is 79.9. The van der Waals surface area contributed by atoms with Crippen molar-refractivity contribution in [3.63, 3.8) is 0 Å². The van der Waals surface area contributed by atoms with Crippen molar-refractivity contribution >= 4 is 21.8 Å². The Balaban J connectivity index is 2.13. The fourth-order valence-corrected chi connectivity index (χ4v) is 3.30. The van der Waals surface area contributed by atoms with Crippen LogP contribution in [0.4, 0.5) is 0 Å². The Bertz CT molecular complexity index is 245. The lowest BCUT2D eigenvalue weighted by Crippen LogP contribution is -2.35. The lowest BCUT2D eigenvalue weighted by Gasteiger charge is -2.24. The molecule has 1 aliphatic heterocycles. The van der Waals surface area contributed by atoms with Crippen LogP contribution in [0, 0.1) is 0 Å². The summed E-state index contributed by atoms with van der Waals surface area (Å²) in [4.78, 5) is 14.4. The standard InChI is InChI=1S/C16H30BrNO/c1-2-3-4-5-6-7-12-16(19)18-14-9-11-15(18)10-8-13-17/h15H,2-14H2,1H3. The van der Waals surface area contributed by atoms with Crippen molar-refractivity contribution in [3.05, 3.63) is 0 Å². The van der Waals surface area contributed by atoms with Crippen molar-refractivity contribution in [2.24, 2.45) is 0 Å². The smallest absolute Gasteiger partial charge is 0.222 e. The Hall–Kier alpha value is -0.0500. The largest absolute Gasteiger partial charge is 0.340 e. The zero-order valence-corrected chi connectivity index (χ0v) is 14.1. The van der Waals surface area contributed by atoms with Crippen molar-refractivity contribution < 1.29 is 4.79 Å². The molecular formula is C16H30BrNO. The lowest BCUT2D eigenvalue weighted by molar-refractivity contribution is -0.132. The van der Waals surface area contributed by atoms with Gasteiger partial charge in [-0.15, -0.1) is 0 Å². The maximum atomic E-state index is 12.2. The summed E-state index contributed by atoms with van der Waals surface area (Å²) in [5.41, 5.74) is 0. The van der Waals surface area contributed by atoms with E-state index in [1.165, 1.54) is 57.8 Å². The molecule has 3 heteroatoms. The molecule has 0 aliphatic carbocycles. The predicted octanol–water partition coefficient (Wildman–Crippen LogP) is 4.90. The van der Waals surface area contributed by atoms with E-state index in [0.29, 0.717) is 11.9 Å². The number of unbranched alkanes of at least 4 members (excludes halogenated alkanes) is 5. The van der Waals surface area contributed by atoms with E-state index in [2.05, 4.69) is 27.8 Å². The Kier molecular flexibility index (Phi) is 9.58. The number of nitrogens with zero attached hydrogens (tertiary/aromatic N) is 1. The van der Waals surface area contributed by atoms with Gasteiger partial charge in [-0.3, -0.25) is 4.79 Å². The summed E-state index contributed by atoms with van der Waals surface area (Å²) in [6.07, 6.45) is 13.1. The third kappa shape index (κ3) is 6.78. The molecule has 1 atom stereocenters. The summed E-state index contributed by atoms with van der Waals surface area (Å²) >= 11 is 3.48. The van der Waals surface area contributed by atoms with E-state index < -0.39 is 0 Å². The molecule has 112 valence electrons. The molecule has 0 N–H and O–H groups in total. The monoisotopic (exact) mass is 331 g/mol. The second kappa shape index (κ2) is 10.7. The van der Waals surface area contributed by atoms with Gasteiger partial charge in [0.2, 0.25) is 5.91 Å². The molecule has 1 rings (SSSR count). The fraction of sp³-hybridized carbons (Fsp3) is 0.938. The average molecular weight is 332 g/mol. The number of halogens is 1. The van der Waals surface area contributed by atoms with E-state index in [9.17, 15) is 4.79 Å². The fourth-order valence-electron chi connectivity index (χ4n) is 2.98. The summed E-state index contributed by atoms with van der Waals surface area (Å²) in [7, 11) is 0. The molecule has 1 saturated heterocycles. The topological polar surface area (TPSA) is 20.3 Å². The van der Waals surface area contributed by atoms with Crippen molar-refractivity contribution in [3.8, 4) is 0 Å². The van der Waals surface area contributed by atoms with Gasteiger partial charge in [-0.2, -0.15) is 0 Å². The first-order valence-corrected chi connectivity index (χ1v) is 9.27. The second-order valence-electron chi connectivity index (χ2n) is 5.73. The van der Waals surface area contributed by atoms with Gasteiger partial charge in [-0.05, 0) is 32.1 Å². The molecule has 1 unspecified atom stereocenters. The minimum Gasteiger partial charge on any atom is -0.340 e. The maximum Gasteiger partial charge on any atom is 0.222 e. The van der Waals surface area contributed by atoms with E-state index in [-0.39, 0.29) is 0 Å². The summed E-state index contributed by atoms with van der Waals surface area (Å²) in [6.45, 7) is 3.24. The molecule has 0 aromatic carbocycles. The van der Waals surface area contributed by atoms with Crippen LogP contribution in [0.3, 0.4) is 0 Å². The van der Waals surface area contributed by atoms with Crippen molar-refractivity contribution in [1.29, 1.82) is 0 Å². The zero-order valence-electron chi connectivity index (χ0n) is 12.5. The van der Waals surface area contributed by atoms with Crippen molar-refractivity contribution in [2.45, 2.75) is 83.6 Å². The van der Waals surface area contributed by atoms with E-state index in [1.54, 1.807) is 0 Å². The highest BCUT2D eigenvalue weighted by Gasteiger charge is 2.27. The van der Waals surface area contributed by atoms with Crippen LogP contribution in [-0.2, 0) is 4.79 Å². The van der Waals surface area contributed by atoms with Crippen LogP contribution in [0.5, 0.6) is 0 Å². The molecule has 0 spiro atoms. The SMILES string of the molecule is CCCCCCCCC(=O)N1CCCC1CCCBr. The molecule has 19 heavy (non-hydrogen) atoms. The van der Waals surface area contributed by atoms with Gasteiger partial charge in [0.25, 0.3) is 0 Å². The van der Waals surface area contributed by atoms with Crippen molar-refractivity contribution in [2.75, 3.05) is 11.9 Å². The Morgan fingerprint density at radius 1 is 1.16 bits per heavy atom. The summed E-state index contributed by atoms with van der Waals surface area (Å²) in [5, 5.41) is 1.06. The van der Waals surface area contributed by atoms with Crippen LogP contribution in [-0.4, -0.2) is 28.7 Å². The molecule has 1 fully saturated rings. The van der Waals surface area contributed by atoms with Gasteiger partial charge in [0, 0.05) is 24.3 Å². The number of carbonyl (C=O) groups excluding carboxylic acids is 1. The number of amides is 1. The quantitative estimate of drug-likeness (QED) is 0.411. The van der Waals surface area contributed by atoms with E-state index in [1.807, 2.05) is 0 Å². The molecular weight excluding hydrogens is 302 g/mol. The molecule has 2 nitrogen and oxygen atoms in total. The molecule has 0 radical (unpaired) electrons. The molecule has 0 aromatic rings. The van der Waals surface area contributed by atoms with Gasteiger partial charge in [-0.1, -0.05) is 55.0 Å². The maximum absolute atomic E-state index is 12.2. The van der Waals surface area contributed by atoms with Crippen LogP contribution in [0.1, 0.15) is 77.6 Å². The first-order chi connectivity index (χ1) is 9.29. The number of carbonyl (C=O) groups is 1. The first kappa shape index (κ1) is 17.0. The number of alkyl halides is 1. The van der Waals surface area contributed by atoms with Gasteiger partial charge < -0.3 is 4.90 Å². The lowest BCUT2D eigenvalue weighted by atomic mass is 10.1. The van der Waals surface area contributed by atoms with Crippen LogP contribution < -0.4 is 0 Å². The van der Waals surface area contributed by atoms with Gasteiger partial charge in [-0.25, -0.2) is 0 Å². The molecule has 1 heterocycles. The van der Waals surface area contributed by atoms with Gasteiger partial charge in [0.1, 0.15) is 0 Å². The van der Waals surface area contributed by atoms with Crippen LogP contribution >= 0.6 is 15.9 Å². The zero-order chi connectivity index (χ0) is 13.9. The van der Waals surface area contributed by atoms with Crippen LogP contribution in [0.2, 0.25) is 0 Å². The Morgan fingerprint density at radius 2 is 1.89 bits per heavy atom. The number of hydrogen-bond acceptors (Lipinski definition) is 1. The third-order valence-corrected chi connectivity index (χ3v) is 4.67. The Morgan fingerprint density at radius 3 is 2.63 bits per heavy atom. The first-order valence-electron chi connectivity index (χ1n) is 8.15. The number of rotatable bonds is 10. The van der Waals surface area contributed by atoms with E-state index >= 15 is 0 Å². The van der Waals surface area contributed by atoms with Gasteiger partial charge in [0.15, 0.2) is 0 Å². The van der Waals surface area contributed by atoms with Crippen molar-refractivity contribution in [1.82, 2.24) is 4.90 Å². The van der Waals surface area contributed by atoms with E-state index in [0.717, 1.165) is 24.7 Å².